The fourth-order valence-electron chi connectivity index (χ4n) is 3.21. The third kappa shape index (κ3) is 3.15. The molecule has 0 saturated heterocycles. The van der Waals surface area contributed by atoms with Gasteiger partial charge in [0.1, 0.15) is 9.71 Å². The van der Waals surface area contributed by atoms with Crippen LogP contribution in [-0.2, 0) is 0 Å². The number of benzene rings is 2. The minimum absolute atomic E-state index is 0.330. The van der Waals surface area contributed by atoms with Crippen LogP contribution in [0.25, 0.3) is 21.0 Å². The lowest BCUT2D eigenvalue weighted by molar-refractivity contribution is 0.0960. The molecule has 134 valence electrons. The van der Waals surface area contributed by atoms with E-state index in [1.807, 2.05) is 62.4 Å². The van der Waals surface area contributed by atoms with Crippen molar-refractivity contribution < 1.29 is 4.79 Å². The summed E-state index contributed by atoms with van der Waals surface area (Å²) >= 11 is 1.29. The first-order chi connectivity index (χ1) is 13.0. The molecule has 0 radical (unpaired) electrons. The van der Waals surface area contributed by atoms with Gasteiger partial charge in [0.15, 0.2) is 0 Å². The number of nitrogens with zero attached hydrogens (tertiary/aromatic N) is 2. The summed E-state index contributed by atoms with van der Waals surface area (Å²) in [4.78, 5) is 18.2. The summed E-state index contributed by atoms with van der Waals surface area (Å²) in [5.74, 6) is -0.330. The van der Waals surface area contributed by atoms with Gasteiger partial charge in [-0.25, -0.2) is 10.4 Å². The van der Waals surface area contributed by atoms with E-state index in [4.69, 9.17) is 5.73 Å². The zero-order valence-electron chi connectivity index (χ0n) is 15.0. The SMILES string of the molecule is Cc1cc(C)c2c(N)c(C(=O)N/N=C\c3cccc4ccccc34)sc2n1. The van der Waals surface area contributed by atoms with Gasteiger partial charge in [-0.1, -0.05) is 42.5 Å². The van der Waals surface area contributed by atoms with Crippen molar-refractivity contribution in [1.29, 1.82) is 0 Å². The lowest BCUT2D eigenvalue weighted by Crippen LogP contribution is -2.17. The van der Waals surface area contributed by atoms with E-state index < -0.39 is 0 Å². The maximum absolute atomic E-state index is 12.6. The molecule has 0 aliphatic rings. The van der Waals surface area contributed by atoms with Crippen LogP contribution in [0.4, 0.5) is 5.69 Å². The minimum atomic E-state index is -0.330. The molecule has 0 saturated carbocycles. The molecule has 27 heavy (non-hydrogen) atoms. The summed E-state index contributed by atoms with van der Waals surface area (Å²) in [7, 11) is 0. The third-order valence-electron chi connectivity index (χ3n) is 4.42. The Hall–Kier alpha value is -3.25. The van der Waals surface area contributed by atoms with Crippen LogP contribution in [0.15, 0.2) is 53.6 Å². The first kappa shape index (κ1) is 17.2. The Morgan fingerprint density at radius 2 is 1.96 bits per heavy atom. The van der Waals surface area contributed by atoms with Crippen LogP contribution in [0, 0.1) is 13.8 Å². The zero-order valence-corrected chi connectivity index (χ0v) is 15.8. The summed E-state index contributed by atoms with van der Waals surface area (Å²) in [6, 6.07) is 16.0. The molecule has 4 rings (SSSR count). The quantitative estimate of drug-likeness (QED) is 0.412. The summed E-state index contributed by atoms with van der Waals surface area (Å²) in [5, 5.41) is 7.17. The van der Waals surface area contributed by atoms with Gasteiger partial charge in [0.2, 0.25) is 0 Å². The summed E-state index contributed by atoms with van der Waals surface area (Å²) in [6.07, 6.45) is 1.65. The Labute approximate surface area is 160 Å². The van der Waals surface area contributed by atoms with Crippen LogP contribution in [0.3, 0.4) is 0 Å². The van der Waals surface area contributed by atoms with Gasteiger partial charge in [-0.3, -0.25) is 4.79 Å². The molecule has 0 aliphatic heterocycles. The van der Waals surface area contributed by atoms with E-state index in [-0.39, 0.29) is 5.91 Å². The molecule has 0 unspecified atom stereocenters. The zero-order chi connectivity index (χ0) is 19.0. The number of fused-ring (bicyclic) bond motifs is 2. The largest absolute Gasteiger partial charge is 0.397 e. The molecule has 1 amide bonds. The number of nitrogen functional groups attached to an aromatic ring is 1. The first-order valence-corrected chi connectivity index (χ1v) is 9.33. The number of pyridine rings is 1. The molecule has 5 nitrogen and oxygen atoms in total. The predicted molar refractivity (Wildman–Crippen MR) is 113 cm³/mol. The van der Waals surface area contributed by atoms with E-state index in [0.29, 0.717) is 10.6 Å². The van der Waals surface area contributed by atoms with Crippen molar-refractivity contribution in [3.05, 3.63) is 70.2 Å². The van der Waals surface area contributed by atoms with Gasteiger partial charge in [-0.15, -0.1) is 11.3 Å². The molecular weight excluding hydrogens is 356 g/mol. The second-order valence-corrected chi connectivity index (χ2v) is 7.37. The van der Waals surface area contributed by atoms with Crippen LogP contribution in [-0.4, -0.2) is 17.1 Å². The number of hydrogen-bond acceptors (Lipinski definition) is 5. The molecule has 0 aliphatic carbocycles. The van der Waals surface area contributed by atoms with E-state index in [0.717, 1.165) is 37.8 Å². The van der Waals surface area contributed by atoms with Gasteiger partial charge < -0.3 is 5.73 Å². The fraction of sp³-hybridized carbons (Fsp3) is 0.0952. The number of rotatable bonds is 3. The van der Waals surface area contributed by atoms with Crippen LogP contribution >= 0.6 is 11.3 Å². The highest BCUT2D eigenvalue weighted by molar-refractivity contribution is 7.21. The number of nitrogens with one attached hydrogen (secondary N) is 1. The van der Waals surface area contributed by atoms with Gasteiger partial charge in [0.25, 0.3) is 5.91 Å². The Morgan fingerprint density at radius 1 is 1.19 bits per heavy atom. The average Bonchev–Trinajstić information content (AvgIpc) is 2.98. The van der Waals surface area contributed by atoms with Crippen LogP contribution in [0.5, 0.6) is 0 Å². The molecule has 2 heterocycles. The minimum Gasteiger partial charge on any atom is -0.397 e. The molecule has 0 atom stereocenters. The molecular formula is C21H18N4OS. The maximum atomic E-state index is 12.6. The Bertz CT molecular complexity index is 1200. The number of carbonyl (C=O) groups is 1. The molecule has 6 heteroatoms. The maximum Gasteiger partial charge on any atom is 0.283 e. The van der Waals surface area contributed by atoms with Gasteiger partial charge >= 0.3 is 0 Å². The third-order valence-corrected chi connectivity index (χ3v) is 5.52. The van der Waals surface area contributed by atoms with E-state index in [2.05, 4.69) is 15.5 Å². The summed E-state index contributed by atoms with van der Waals surface area (Å²) < 4.78 is 0. The van der Waals surface area contributed by atoms with Crippen LogP contribution < -0.4 is 11.2 Å². The van der Waals surface area contributed by atoms with Crippen molar-refractivity contribution in [3.8, 4) is 0 Å². The molecule has 0 bridgehead atoms. The second kappa shape index (κ2) is 6.81. The lowest BCUT2D eigenvalue weighted by Gasteiger charge is -2.02. The standard InChI is InChI=1S/C21H18N4OS/c1-12-10-13(2)24-21-17(12)18(22)19(27-21)20(26)25-23-11-15-8-5-7-14-6-3-4-9-16(14)15/h3-11H,22H2,1-2H3,(H,25,26)/b23-11-. The number of thiophene rings is 1. The number of hydrazone groups is 1. The molecule has 3 N–H and O–H groups in total. The number of amides is 1. The Morgan fingerprint density at radius 3 is 2.81 bits per heavy atom. The number of hydrogen-bond donors (Lipinski definition) is 2. The number of aryl methyl sites for hydroxylation is 2. The van der Waals surface area contributed by atoms with Crippen molar-refractivity contribution in [1.82, 2.24) is 10.4 Å². The van der Waals surface area contributed by atoms with E-state index in [1.165, 1.54) is 11.3 Å². The molecule has 0 spiro atoms. The van der Waals surface area contributed by atoms with Crippen molar-refractivity contribution in [2.75, 3.05) is 5.73 Å². The van der Waals surface area contributed by atoms with E-state index >= 15 is 0 Å². The fourth-order valence-corrected chi connectivity index (χ4v) is 4.32. The summed E-state index contributed by atoms with van der Waals surface area (Å²) in [5.41, 5.74) is 12.1. The van der Waals surface area contributed by atoms with Gasteiger partial charge in [-0.05, 0) is 36.2 Å². The smallest absolute Gasteiger partial charge is 0.283 e. The van der Waals surface area contributed by atoms with Crippen LogP contribution in [0.2, 0.25) is 0 Å². The Kier molecular flexibility index (Phi) is 4.33. The number of nitrogens with two attached hydrogens (primary N) is 1. The van der Waals surface area contributed by atoms with E-state index in [9.17, 15) is 4.79 Å². The second-order valence-electron chi connectivity index (χ2n) is 6.37. The van der Waals surface area contributed by atoms with Crippen molar-refractivity contribution in [3.63, 3.8) is 0 Å². The highest BCUT2D eigenvalue weighted by atomic mass is 32.1. The highest BCUT2D eigenvalue weighted by Crippen LogP contribution is 2.34. The van der Waals surface area contributed by atoms with Crippen LogP contribution in [0.1, 0.15) is 26.5 Å². The molecule has 4 aromatic rings. The number of carbonyl (C=O) groups excluding carboxylic acids is 1. The van der Waals surface area contributed by atoms with Crippen molar-refractivity contribution in [2.24, 2.45) is 5.10 Å². The molecule has 2 aromatic heterocycles. The number of anilines is 1. The van der Waals surface area contributed by atoms with Gasteiger partial charge in [-0.2, -0.15) is 5.10 Å². The number of aromatic nitrogens is 1. The molecule has 0 fully saturated rings. The van der Waals surface area contributed by atoms with E-state index in [1.54, 1.807) is 6.21 Å². The van der Waals surface area contributed by atoms with Gasteiger partial charge in [0, 0.05) is 16.6 Å². The molecule has 2 aromatic carbocycles. The Balaban J connectivity index is 1.61. The monoisotopic (exact) mass is 374 g/mol. The normalized spacial score (nSPS) is 11.5. The topological polar surface area (TPSA) is 80.4 Å². The van der Waals surface area contributed by atoms with Crippen molar-refractivity contribution in [2.45, 2.75) is 13.8 Å². The lowest BCUT2D eigenvalue weighted by atomic mass is 10.1. The van der Waals surface area contributed by atoms with Gasteiger partial charge in [0.05, 0.1) is 11.9 Å². The average molecular weight is 374 g/mol. The van der Waals surface area contributed by atoms with Crippen molar-refractivity contribution >= 4 is 50.1 Å². The predicted octanol–water partition coefficient (Wildman–Crippen LogP) is 4.41. The first-order valence-electron chi connectivity index (χ1n) is 8.52. The highest BCUT2D eigenvalue weighted by Gasteiger charge is 2.18. The summed E-state index contributed by atoms with van der Waals surface area (Å²) in [6.45, 7) is 3.90.